The van der Waals surface area contributed by atoms with E-state index in [-0.39, 0.29) is 5.56 Å². The number of hydrogen-bond acceptors (Lipinski definition) is 7. The highest BCUT2D eigenvalue weighted by Gasteiger charge is 2.18. The van der Waals surface area contributed by atoms with Crippen LogP contribution >= 0.6 is 23.1 Å². The molecule has 0 aliphatic rings. The zero-order valence-corrected chi connectivity index (χ0v) is 21.4. The van der Waals surface area contributed by atoms with Gasteiger partial charge in [-0.05, 0) is 29.8 Å². The second kappa shape index (κ2) is 10.0. The Balaban J connectivity index is 1.34. The Bertz CT molecular complexity index is 1740. The van der Waals surface area contributed by atoms with Gasteiger partial charge in [0, 0.05) is 22.2 Å². The van der Waals surface area contributed by atoms with Crippen LogP contribution in [0.2, 0.25) is 0 Å². The molecule has 0 spiro atoms. The van der Waals surface area contributed by atoms with Crippen molar-refractivity contribution >= 4 is 33.3 Å². The first-order chi connectivity index (χ1) is 18.2. The van der Waals surface area contributed by atoms with Crippen LogP contribution in [0.25, 0.3) is 38.4 Å². The first-order valence-electron chi connectivity index (χ1n) is 11.5. The molecule has 3 aromatic carbocycles. The fourth-order valence-electron chi connectivity index (χ4n) is 4.15. The van der Waals surface area contributed by atoms with E-state index in [0.29, 0.717) is 27.9 Å². The van der Waals surface area contributed by atoms with Gasteiger partial charge in [0.15, 0.2) is 11.0 Å². The van der Waals surface area contributed by atoms with Gasteiger partial charge in [-0.15, -0.1) is 21.5 Å². The lowest BCUT2D eigenvalue weighted by atomic mass is 10.1. The minimum absolute atomic E-state index is 0.137. The number of aromatic amines is 1. The summed E-state index contributed by atoms with van der Waals surface area (Å²) in [5.74, 6) is 2.48. The van der Waals surface area contributed by atoms with Crippen molar-refractivity contribution < 1.29 is 4.74 Å². The van der Waals surface area contributed by atoms with Crippen molar-refractivity contribution in [1.29, 1.82) is 0 Å². The summed E-state index contributed by atoms with van der Waals surface area (Å²) in [6.45, 7) is 0. The van der Waals surface area contributed by atoms with Gasteiger partial charge in [0.1, 0.15) is 16.4 Å². The maximum absolute atomic E-state index is 13.1. The highest BCUT2D eigenvalue weighted by Crippen LogP contribution is 2.33. The van der Waals surface area contributed by atoms with Crippen molar-refractivity contribution in [3.05, 3.63) is 106 Å². The number of H-pyrrole nitrogens is 1. The molecular formula is C28H21N5O2S2. The quantitative estimate of drug-likeness (QED) is 0.251. The molecule has 9 heteroatoms. The van der Waals surface area contributed by atoms with Crippen molar-refractivity contribution in [2.75, 3.05) is 7.11 Å². The third kappa shape index (κ3) is 4.54. The van der Waals surface area contributed by atoms with Crippen molar-refractivity contribution in [1.82, 2.24) is 24.7 Å². The molecule has 0 aliphatic heterocycles. The molecule has 1 N–H and O–H groups in total. The summed E-state index contributed by atoms with van der Waals surface area (Å²) in [6.07, 6.45) is 0. The Hall–Kier alpha value is -4.21. The van der Waals surface area contributed by atoms with Crippen molar-refractivity contribution in [2.45, 2.75) is 10.9 Å². The summed E-state index contributed by atoms with van der Waals surface area (Å²) in [5.41, 5.74) is 3.60. The molecule has 0 aliphatic carbocycles. The SMILES string of the molecule is COc1cccc(-c2nnc(SCc3nc4scc(-c5ccccc5)c4c(=O)[nH]3)n2-c2ccccc2)c1. The van der Waals surface area contributed by atoms with Crippen LogP contribution in [0.4, 0.5) is 0 Å². The Morgan fingerprint density at radius 1 is 0.946 bits per heavy atom. The van der Waals surface area contributed by atoms with Crippen LogP contribution in [0.5, 0.6) is 5.75 Å². The van der Waals surface area contributed by atoms with E-state index in [9.17, 15) is 4.79 Å². The van der Waals surface area contributed by atoms with Crippen LogP contribution in [0.1, 0.15) is 5.82 Å². The van der Waals surface area contributed by atoms with Gasteiger partial charge in [-0.1, -0.05) is 72.4 Å². The number of benzene rings is 3. The summed E-state index contributed by atoms with van der Waals surface area (Å²) >= 11 is 2.95. The monoisotopic (exact) mass is 523 g/mol. The second-order valence-corrected chi connectivity index (χ2v) is 10.0. The molecule has 0 unspecified atom stereocenters. The fraction of sp³-hybridized carbons (Fsp3) is 0.0714. The summed E-state index contributed by atoms with van der Waals surface area (Å²) < 4.78 is 7.42. The molecule has 0 bridgehead atoms. The van der Waals surface area contributed by atoms with Gasteiger partial charge in [-0.2, -0.15) is 0 Å². The van der Waals surface area contributed by atoms with Crippen LogP contribution in [0.15, 0.2) is 100 Å². The van der Waals surface area contributed by atoms with Crippen molar-refractivity contribution in [3.8, 4) is 34.0 Å². The zero-order chi connectivity index (χ0) is 25.2. The molecule has 0 fully saturated rings. The smallest absolute Gasteiger partial charge is 0.260 e. The average Bonchev–Trinajstić information content (AvgIpc) is 3.58. The molecule has 0 saturated heterocycles. The van der Waals surface area contributed by atoms with Gasteiger partial charge in [0.05, 0.1) is 18.2 Å². The van der Waals surface area contributed by atoms with Crippen molar-refractivity contribution in [2.24, 2.45) is 0 Å². The van der Waals surface area contributed by atoms with Gasteiger partial charge in [0.2, 0.25) is 0 Å². The molecule has 0 amide bonds. The number of methoxy groups -OCH3 is 1. The number of ether oxygens (including phenoxy) is 1. The number of fused-ring (bicyclic) bond motifs is 1. The van der Waals surface area contributed by atoms with E-state index in [0.717, 1.165) is 33.0 Å². The Labute approximate surface area is 220 Å². The van der Waals surface area contributed by atoms with Gasteiger partial charge >= 0.3 is 0 Å². The maximum atomic E-state index is 13.1. The van der Waals surface area contributed by atoms with Crippen LogP contribution in [0.3, 0.4) is 0 Å². The Kier molecular flexibility index (Phi) is 6.30. The molecule has 6 rings (SSSR count). The predicted molar refractivity (Wildman–Crippen MR) is 149 cm³/mol. The van der Waals surface area contributed by atoms with E-state index >= 15 is 0 Å². The summed E-state index contributed by atoms with van der Waals surface area (Å²) in [7, 11) is 1.64. The number of para-hydroxylation sites is 1. The van der Waals surface area contributed by atoms with Crippen LogP contribution in [-0.4, -0.2) is 31.8 Å². The number of nitrogens with one attached hydrogen (secondary N) is 1. The third-order valence-corrected chi connectivity index (χ3v) is 7.70. The first kappa shape index (κ1) is 23.2. The number of thioether (sulfide) groups is 1. The normalized spacial score (nSPS) is 11.2. The average molecular weight is 524 g/mol. The molecule has 0 saturated carbocycles. The van der Waals surface area contributed by atoms with E-state index in [1.54, 1.807) is 7.11 Å². The topological polar surface area (TPSA) is 85.7 Å². The van der Waals surface area contributed by atoms with Gasteiger partial charge in [-0.3, -0.25) is 9.36 Å². The molecule has 3 aromatic heterocycles. The van der Waals surface area contributed by atoms with E-state index in [4.69, 9.17) is 9.72 Å². The van der Waals surface area contributed by atoms with Crippen molar-refractivity contribution in [3.63, 3.8) is 0 Å². The molecule has 7 nitrogen and oxygen atoms in total. The van der Waals surface area contributed by atoms with Crippen LogP contribution in [0, 0.1) is 0 Å². The molecule has 0 atom stereocenters. The van der Waals surface area contributed by atoms with Gasteiger partial charge in [0.25, 0.3) is 5.56 Å². The minimum atomic E-state index is -0.137. The number of thiophene rings is 1. The summed E-state index contributed by atoms with van der Waals surface area (Å²) in [4.78, 5) is 21.5. The van der Waals surface area contributed by atoms with Gasteiger partial charge < -0.3 is 9.72 Å². The zero-order valence-electron chi connectivity index (χ0n) is 19.8. The molecular weight excluding hydrogens is 502 g/mol. The molecule has 37 heavy (non-hydrogen) atoms. The van der Waals surface area contributed by atoms with E-state index in [2.05, 4.69) is 15.2 Å². The summed E-state index contributed by atoms with van der Waals surface area (Å²) in [6, 6.07) is 27.6. The first-order valence-corrected chi connectivity index (χ1v) is 13.4. The lowest BCUT2D eigenvalue weighted by Crippen LogP contribution is -2.11. The number of rotatable bonds is 7. The highest BCUT2D eigenvalue weighted by atomic mass is 32.2. The number of hydrogen-bond donors (Lipinski definition) is 1. The lowest BCUT2D eigenvalue weighted by Gasteiger charge is -2.11. The third-order valence-electron chi connectivity index (χ3n) is 5.89. The molecule has 6 aromatic rings. The Morgan fingerprint density at radius 3 is 2.49 bits per heavy atom. The van der Waals surface area contributed by atoms with E-state index < -0.39 is 0 Å². The maximum Gasteiger partial charge on any atom is 0.260 e. The largest absolute Gasteiger partial charge is 0.497 e. The van der Waals surface area contributed by atoms with Gasteiger partial charge in [-0.25, -0.2) is 4.98 Å². The minimum Gasteiger partial charge on any atom is -0.497 e. The summed E-state index contributed by atoms with van der Waals surface area (Å²) in [5, 5.41) is 12.3. The standard InChI is InChI=1S/C28H21N5O2S2/c1-35-21-14-8-11-19(15-21)25-31-32-28(33(25)20-12-6-3-7-13-20)37-17-23-29-26(34)24-22(16-36-27(24)30-23)18-9-4-2-5-10-18/h2-16H,17H2,1H3,(H,29,30,34). The molecule has 0 radical (unpaired) electrons. The lowest BCUT2D eigenvalue weighted by molar-refractivity contribution is 0.415. The predicted octanol–water partition coefficient (Wildman–Crippen LogP) is 6.20. The van der Waals surface area contributed by atoms with Crippen LogP contribution in [-0.2, 0) is 5.75 Å². The second-order valence-electron chi connectivity index (χ2n) is 8.21. The van der Waals surface area contributed by atoms with Crippen LogP contribution < -0.4 is 10.3 Å². The molecule has 182 valence electrons. The Morgan fingerprint density at radius 2 is 1.70 bits per heavy atom. The number of nitrogens with zero attached hydrogens (tertiary/aromatic N) is 4. The highest BCUT2D eigenvalue weighted by molar-refractivity contribution is 7.98. The fourth-order valence-corrected chi connectivity index (χ4v) is 5.94. The molecule has 3 heterocycles. The number of aromatic nitrogens is 5. The van der Waals surface area contributed by atoms with E-state index in [1.807, 2.05) is 94.9 Å². The van der Waals surface area contributed by atoms with E-state index in [1.165, 1.54) is 23.1 Å².